The van der Waals surface area contributed by atoms with Crippen LogP contribution in [0, 0.1) is 5.82 Å². The first-order chi connectivity index (χ1) is 17.0. The number of nitrogens with one attached hydrogen (secondary N) is 1. The van der Waals surface area contributed by atoms with Gasteiger partial charge in [0.05, 0.1) is 22.7 Å². The number of fused-ring (bicyclic) bond motifs is 2. The number of carbonyl (C=O) groups is 1. The maximum absolute atomic E-state index is 13.4. The van der Waals surface area contributed by atoms with Gasteiger partial charge in [-0.1, -0.05) is 42.1 Å². The largest absolute Gasteiger partial charge is 0.454 e. The van der Waals surface area contributed by atoms with E-state index < -0.39 is 5.25 Å². The normalized spacial score (nSPS) is 13.1. The predicted octanol–water partition coefficient (Wildman–Crippen LogP) is 4.11. The average Bonchev–Trinajstić information content (AvgIpc) is 3.34. The Balaban J connectivity index is 1.36. The highest BCUT2D eigenvalue weighted by molar-refractivity contribution is 8.00. The number of thioether (sulfide) groups is 1. The van der Waals surface area contributed by atoms with E-state index in [1.807, 2.05) is 24.3 Å². The van der Waals surface area contributed by atoms with Crippen molar-refractivity contribution < 1.29 is 18.7 Å². The lowest BCUT2D eigenvalue weighted by molar-refractivity contribution is -0.120. The highest BCUT2D eigenvalue weighted by atomic mass is 32.2. The number of hydrogen-bond donors (Lipinski definition) is 1. The number of nitrogens with zero attached hydrogens (tertiary/aromatic N) is 2. The molecule has 5 rings (SSSR count). The van der Waals surface area contributed by atoms with Crippen LogP contribution in [0.15, 0.2) is 76.7 Å². The van der Waals surface area contributed by atoms with Crippen molar-refractivity contribution in [3.05, 3.63) is 94.0 Å². The number of amides is 1. The molecule has 0 saturated carbocycles. The van der Waals surface area contributed by atoms with Crippen molar-refractivity contribution >= 4 is 28.6 Å². The van der Waals surface area contributed by atoms with E-state index in [2.05, 4.69) is 10.3 Å². The van der Waals surface area contributed by atoms with Gasteiger partial charge in [-0.3, -0.25) is 14.2 Å². The SMILES string of the molecule is C[C@@H](Sc1nc2ccccc2c(=O)n1Cc1ccc(F)cc1)C(=O)NCc1ccc2c(c1)OCO2. The van der Waals surface area contributed by atoms with Crippen LogP contribution >= 0.6 is 11.8 Å². The predicted molar refractivity (Wildman–Crippen MR) is 131 cm³/mol. The van der Waals surface area contributed by atoms with E-state index in [9.17, 15) is 14.0 Å². The number of carbonyl (C=O) groups excluding carboxylic acids is 1. The summed E-state index contributed by atoms with van der Waals surface area (Å²) >= 11 is 1.21. The topological polar surface area (TPSA) is 82.5 Å². The molecular formula is C26H22FN3O4S. The first-order valence-electron chi connectivity index (χ1n) is 11.0. The Hall–Kier alpha value is -3.85. The van der Waals surface area contributed by atoms with Gasteiger partial charge in [0.1, 0.15) is 5.82 Å². The van der Waals surface area contributed by atoms with Crippen LogP contribution in [0.25, 0.3) is 10.9 Å². The molecule has 0 saturated heterocycles. The second-order valence-electron chi connectivity index (χ2n) is 8.09. The van der Waals surface area contributed by atoms with Crippen molar-refractivity contribution in [2.75, 3.05) is 6.79 Å². The summed E-state index contributed by atoms with van der Waals surface area (Å²) in [5.41, 5.74) is 1.99. The summed E-state index contributed by atoms with van der Waals surface area (Å²) in [6.07, 6.45) is 0. The Labute approximate surface area is 204 Å². The molecule has 35 heavy (non-hydrogen) atoms. The van der Waals surface area contributed by atoms with E-state index in [0.717, 1.165) is 11.1 Å². The van der Waals surface area contributed by atoms with E-state index in [4.69, 9.17) is 9.47 Å². The molecule has 1 aromatic heterocycles. The number of rotatable bonds is 7. The van der Waals surface area contributed by atoms with Gasteiger partial charge in [-0.05, 0) is 54.4 Å². The number of hydrogen-bond acceptors (Lipinski definition) is 6. The first kappa shape index (κ1) is 22.9. The molecule has 0 radical (unpaired) electrons. The zero-order valence-corrected chi connectivity index (χ0v) is 19.7. The van der Waals surface area contributed by atoms with Crippen LogP contribution in [0.3, 0.4) is 0 Å². The summed E-state index contributed by atoms with van der Waals surface area (Å²) in [7, 11) is 0. The third kappa shape index (κ3) is 5.00. The van der Waals surface area contributed by atoms with E-state index in [0.29, 0.717) is 34.1 Å². The van der Waals surface area contributed by atoms with Crippen LogP contribution in [0.1, 0.15) is 18.1 Å². The number of para-hydroxylation sites is 1. The molecule has 178 valence electrons. The number of ether oxygens (including phenoxy) is 2. The van der Waals surface area contributed by atoms with Crippen molar-refractivity contribution in [2.24, 2.45) is 0 Å². The number of aromatic nitrogens is 2. The molecule has 1 aliphatic rings. The minimum Gasteiger partial charge on any atom is -0.454 e. The van der Waals surface area contributed by atoms with Gasteiger partial charge >= 0.3 is 0 Å². The Morgan fingerprint density at radius 2 is 1.83 bits per heavy atom. The van der Waals surface area contributed by atoms with Crippen LogP contribution in [0.4, 0.5) is 4.39 Å². The van der Waals surface area contributed by atoms with Gasteiger partial charge in [0.15, 0.2) is 16.7 Å². The van der Waals surface area contributed by atoms with Gasteiger partial charge in [0.2, 0.25) is 12.7 Å². The van der Waals surface area contributed by atoms with Crippen molar-refractivity contribution in [3.8, 4) is 11.5 Å². The van der Waals surface area contributed by atoms with E-state index in [1.54, 1.807) is 37.3 Å². The standard InChI is InChI=1S/C26H22FN3O4S/c1-16(24(31)28-13-18-8-11-22-23(12-18)34-15-33-22)35-26-29-21-5-3-2-4-20(21)25(32)30(26)14-17-6-9-19(27)10-7-17/h2-12,16H,13-15H2,1H3,(H,28,31)/t16-/m1/s1. The molecule has 0 aliphatic carbocycles. The van der Waals surface area contributed by atoms with Crippen molar-refractivity contribution in [1.82, 2.24) is 14.9 Å². The van der Waals surface area contributed by atoms with Crippen LogP contribution in [0.2, 0.25) is 0 Å². The van der Waals surface area contributed by atoms with Crippen molar-refractivity contribution in [1.29, 1.82) is 0 Å². The lowest BCUT2D eigenvalue weighted by Crippen LogP contribution is -2.31. The first-order valence-corrected chi connectivity index (χ1v) is 11.9. The molecule has 1 aliphatic heterocycles. The molecule has 0 unspecified atom stereocenters. The molecule has 3 aromatic carbocycles. The number of benzene rings is 3. The second kappa shape index (κ2) is 9.79. The molecule has 0 bridgehead atoms. The van der Waals surface area contributed by atoms with Gasteiger partial charge < -0.3 is 14.8 Å². The van der Waals surface area contributed by atoms with Gasteiger partial charge in [-0.15, -0.1) is 0 Å². The zero-order valence-electron chi connectivity index (χ0n) is 18.9. The van der Waals surface area contributed by atoms with Crippen LogP contribution in [-0.4, -0.2) is 27.5 Å². The third-order valence-corrected chi connectivity index (χ3v) is 6.73. The van der Waals surface area contributed by atoms with E-state index in [-0.39, 0.29) is 30.6 Å². The summed E-state index contributed by atoms with van der Waals surface area (Å²) in [5.74, 6) is 0.804. The summed E-state index contributed by atoms with van der Waals surface area (Å²) < 4.78 is 25.6. The minimum atomic E-state index is -0.517. The minimum absolute atomic E-state index is 0.191. The summed E-state index contributed by atoms with van der Waals surface area (Å²) in [4.78, 5) is 30.8. The van der Waals surface area contributed by atoms with Crippen LogP contribution in [0.5, 0.6) is 11.5 Å². The third-order valence-electron chi connectivity index (χ3n) is 5.64. The Morgan fingerprint density at radius 3 is 2.66 bits per heavy atom. The molecule has 1 amide bonds. The van der Waals surface area contributed by atoms with Crippen LogP contribution < -0.4 is 20.3 Å². The summed E-state index contributed by atoms with van der Waals surface area (Å²) in [5, 5.41) is 3.31. The summed E-state index contributed by atoms with van der Waals surface area (Å²) in [6, 6.07) is 18.6. The van der Waals surface area contributed by atoms with Crippen molar-refractivity contribution in [3.63, 3.8) is 0 Å². The molecule has 9 heteroatoms. The molecule has 7 nitrogen and oxygen atoms in total. The smallest absolute Gasteiger partial charge is 0.262 e. The fourth-order valence-corrected chi connectivity index (χ4v) is 4.68. The van der Waals surface area contributed by atoms with Gasteiger partial charge in [-0.2, -0.15) is 0 Å². The van der Waals surface area contributed by atoms with Crippen LogP contribution in [-0.2, 0) is 17.9 Å². The maximum Gasteiger partial charge on any atom is 0.262 e. The van der Waals surface area contributed by atoms with Gasteiger partial charge in [-0.25, -0.2) is 9.37 Å². The highest BCUT2D eigenvalue weighted by Crippen LogP contribution is 2.32. The zero-order chi connectivity index (χ0) is 24.4. The monoisotopic (exact) mass is 491 g/mol. The van der Waals surface area contributed by atoms with E-state index in [1.165, 1.54) is 28.5 Å². The van der Waals surface area contributed by atoms with Gasteiger partial charge in [0.25, 0.3) is 5.56 Å². The molecular weight excluding hydrogens is 469 g/mol. The Kier molecular flexibility index (Phi) is 6.41. The lowest BCUT2D eigenvalue weighted by atomic mass is 10.2. The molecule has 4 aromatic rings. The molecule has 1 atom stereocenters. The fourth-order valence-electron chi connectivity index (χ4n) is 3.74. The highest BCUT2D eigenvalue weighted by Gasteiger charge is 2.20. The van der Waals surface area contributed by atoms with Crippen molar-refractivity contribution in [2.45, 2.75) is 30.4 Å². The molecule has 0 fully saturated rings. The van der Waals surface area contributed by atoms with Gasteiger partial charge in [0, 0.05) is 6.54 Å². The number of halogens is 1. The quantitative estimate of drug-likeness (QED) is 0.310. The lowest BCUT2D eigenvalue weighted by Gasteiger charge is -2.16. The Morgan fingerprint density at radius 1 is 1.09 bits per heavy atom. The molecule has 2 heterocycles. The fraction of sp³-hybridized carbons (Fsp3) is 0.192. The van der Waals surface area contributed by atoms with E-state index >= 15 is 0 Å². The molecule has 0 spiro atoms. The second-order valence-corrected chi connectivity index (χ2v) is 9.40. The average molecular weight is 492 g/mol. The Bertz CT molecular complexity index is 1460. The maximum atomic E-state index is 13.4. The molecule has 1 N–H and O–H groups in total. The summed E-state index contributed by atoms with van der Waals surface area (Å²) in [6.45, 7) is 2.50.